The van der Waals surface area contributed by atoms with Crippen LogP contribution in [-0.2, 0) is 33.6 Å². The van der Waals surface area contributed by atoms with Crippen molar-refractivity contribution >= 4 is 53.4 Å². The van der Waals surface area contributed by atoms with Crippen molar-refractivity contribution in [3.05, 3.63) is 0 Å². The number of rotatable bonds is 18. The average molecular weight is 523 g/mol. The van der Waals surface area contributed by atoms with E-state index >= 15 is 0 Å². The molecule has 0 fully saturated rings. The summed E-state index contributed by atoms with van der Waals surface area (Å²) in [7, 11) is 0. The second kappa shape index (κ2) is 16.3. The number of thioether (sulfide) groups is 1. The van der Waals surface area contributed by atoms with E-state index in [9.17, 15) is 38.7 Å². The van der Waals surface area contributed by atoms with Gasteiger partial charge in [-0.15, -0.1) is 0 Å². The highest BCUT2D eigenvalue weighted by atomic mass is 32.2. The molecule has 0 heterocycles. The number of carboxylic acid groups (broad SMARTS) is 4. The fourth-order valence-corrected chi connectivity index (χ4v) is 3.13. The SMILES string of the molecule is CSCCC(N)C(=O)NC(CCC(=O)O)C(=O)NC(CC(=O)O)C(=O)NC(CCC(=O)O)C(=O)O. The highest BCUT2D eigenvalue weighted by molar-refractivity contribution is 7.98. The van der Waals surface area contributed by atoms with Gasteiger partial charge in [0, 0.05) is 12.8 Å². The zero-order valence-corrected chi connectivity index (χ0v) is 19.7. The van der Waals surface area contributed by atoms with Crippen LogP contribution in [-0.4, -0.2) is 98.2 Å². The lowest BCUT2D eigenvalue weighted by atomic mass is 10.1. The molecule has 0 bridgehead atoms. The first kappa shape index (κ1) is 31.6. The van der Waals surface area contributed by atoms with E-state index in [-0.39, 0.29) is 6.42 Å². The topological polar surface area (TPSA) is 263 Å². The molecule has 0 aromatic heterocycles. The fourth-order valence-electron chi connectivity index (χ4n) is 2.65. The monoisotopic (exact) mass is 522 g/mol. The third-order valence-corrected chi connectivity index (χ3v) is 5.17. The summed E-state index contributed by atoms with van der Waals surface area (Å²) in [4.78, 5) is 81.7. The normalized spacial score (nSPS) is 14.0. The standard InChI is InChI=1S/C19H30N4O11S/c1-35-7-6-9(20)16(30)21-10(2-4-13(24)25)17(31)23-12(8-15(28)29)18(32)22-11(19(33)34)3-5-14(26)27/h9-12H,2-8,20H2,1H3,(H,21,30)(H,22,32)(H,23,31)(H,24,25)(H,26,27)(H,28,29)(H,33,34). The third-order valence-electron chi connectivity index (χ3n) is 4.52. The predicted octanol–water partition coefficient (Wildman–Crippen LogP) is -2.19. The van der Waals surface area contributed by atoms with E-state index in [1.165, 1.54) is 11.8 Å². The first-order chi connectivity index (χ1) is 16.3. The van der Waals surface area contributed by atoms with Crippen molar-refractivity contribution in [3.63, 3.8) is 0 Å². The van der Waals surface area contributed by atoms with Crippen molar-refractivity contribution in [2.75, 3.05) is 12.0 Å². The summed E-state index contributed by atoms with van der Waals surface area (Å²) in [5.41, 5.74) is 5.74. The largest absolute Gasteiger partial charge is 0.481 e. The molecule has 0 aliphatic carbocycles. The van der Waals surface area contributed by atoms with Crippen LogP contribution in [0.25, 0.3) is 0 Å². The van der Waals surface area contributed by atoms with Crippen LogP contribution >= 0.6 is 11.8 Å². The number of nitrogens with one attached hydrogen (secondary N) is 3. The van der Waals surface area contributed by atoms with Gasteiger partial charge < -0.3 is 42.1 Å². The van der Waals surface area contributed by atoms with Gasteiger partial charge in [-0.1, -0.05) is 0 Å². The van der Waals surface area contributed by atoms with Gasteiger partial charge in [-0.2, -0.15) is 11.8 Å². The molecule has 4 unspecified atom stereocenters. The number of aliphatic carboxylic acids is 4. The molecule has 0 spiro atoms. The number of nitrogens with two attached hydrogens (primary N) is 1. The van der Waals surface area contributed by atoms with Gasteiger partial charge in [-0.3, -0.25) is 28.8 Å². The Hall–Kier alpha value is -3.40. The van der Waals surface area contributed by atoms with Crippen LogP contribution < -0.4 is 21.7 Å². The molecule has 198 valence electrons. The van der Waals surface area contributed by atoms with Crippen molar-refractivity contribution in [1.82, 2.24) is 16.0 Å². The van der Waals surface area contributed by atoms with Gasteiger partial charge >= 0.3 is 23.9 Å². The Bertz CT molecular complexity index is 808. The lowest BCUT2D eigenvalue weighted by Gasteiger charge is -2.24. The summed E-state index contributed by atoms with van der Waals surface area (Å²) >= 11 is 1.42. The number of amides is 3. The van der Waals surface area contributed by atoms with E-state index in [4.69, 9.17) is 21.1 Å². The summed E-state index contributed by atoms with van der Waals surface area (Å²) in [5, 5.41) is 42.2. The maximum absolute atomic E-state index is 12.7. The summed E-state index contributed by atoms with van der Waals surface area (Å²) in [6.07, 6.45) is -0.988. The van der Waals surface area contributed by atoms with E-state index in [1.807, 2.05) is 5.32 Å². The van der Waals surface area contributed by atoms with Crippen LogP contribution in [0.3, 0.4) is 0 Å². The molecule has 35 heavy (non-hydrogen) atoms. The van der Waals surface area contributed by atoms with Gasteiger partial charge in [0.05, 0.1) is 12.5 Å². The molecule has 0 saturated carbocycles. The van der Waals surface area contributed by atoms with Crippen LogP contribution in [0.15, 0.2) is 0 Å². The Morgan fingerprint density at radius 2 is 1.14 bits per heavy atom. The molecule has 0 radical (unpaired) electrons. The molecule has 4 atom stereocenters. The van der Waals surface area contributed by atoms with Gasteiger partial charge in [0.15, 0.2) is 0 Å². The highest BCUT2D eigenvalue weighted by Crippen LogP contribution is 2.05. The number of hydrogen-bond acceptors (Lipinski definition) is 9. The van der Waals surface area contributed by atoms with Crippen LogP contribution in [0.5, 0.6) is 0 Å². The molecule has 0 aromatic rings. The van der Waals surface area contributed by atoms with E-state index in [0.29, 0.717) is 5.75 Å². The molecule has 9 N–H and O–H groups in total. The molecule has 0 aliphatic heterocycles. The Balaban J connectivity index is 5.55. The van der Waals surface area contributed by atoms with E-state index in [1.54, 1.807) is 6.26 Å². The van der Waals surface area contributed by atoms with E-state index < -0.39 is 97.9 Å². The van der Waals surface area contributed by atoms with Gasteiger partial charge in [-0.25, -0.2) is 4.79 Å². The third kappa shape index (κ3) is 13.8. The van der Waals surface area contributed by atoms with Gasteiger partial charge in [-0.05, 0) is 31.3 Å². The Morgan fingerprint density at radius 3 is 1.60 bits per heavy atom. The van der Waals surface area contributed by atoms with Crippen molar-refractivity contribution in [2.24, 2.45) is 5.73 Å². The molecular weight excluding hydrogens is 492 g/mol. The molecule has 3 amide bonds. The highest BCUT2D eigenvalue weighted by Gasteiger charge is 2.32. The molecule has 0 aromatic carbocycles. The first-order valence-corrected chi connectivity index (χ1v) is 11.7. The van der Waals surface area contributed by atoms with Crippen LogP contribution in [0.2, 0.25) is 0 Å². The zero-order valence-electron chi connectivity index (χ0n) is 18.9. The summed E-state index contributed by atoms with van der Waals surface area (Å²) in [6.45, 7) is 0. The average Bonchev–Trinajstić information content (AvgIpc) is 2.75. The minimum absolute atomic E-state index is 0.261. The van der Waals surface area contributed by atoms with Crippen LogP contribution in [0.1, 0.15) is 38.5 Å². The Morgan fingerprint density at radius 1 is 0.686 bits per heavy atom. The minimum atomic E-state index is -1.80. The van der Waals surface area contributed by atoms with Crippen molar-refractivity contribution in [2.45, 2.75) is 62.7 Å². The Kier molecular flexibility index (Phi) is 14.7. The molecular formula is C19H30N4O11S. The number of carbonyl (C=O) groups is 7. The zero-order chi connectivity index (χ0) is 27.1. The Labute approximate surface area is 204 Å². The summed E-state index contributed by atoms with van der Waals surface area (Å²) in [6, 6.07) is -5.97. The second-order valence-electron chi connectivity index (χ2n) is 7.37. The summed E-state index contributed by atoms with van der Waals surface area (Å²) in [5.74, 6) is -8.26. The lowest BCUT2D eigenvalue weighted by molar-refractivity contribution is -0.144. The molecule has 0 aliphatic rings. The second-order valence-corrected chi connectivity index (χ2v) is 8.36. The molecule has 0 rings (SSSR count). The maximum atomic E-state index is 12.7. The van der Waals surface area contributed by atoms with Crippen molar-refractivity contribution in [1.29, 1.82) is 0 Å². The fraction of sp³-hybridized carbons (Fsp3) is 0.632. The maximum Gasteiger partial charge on any atom is 0.326 e. The smallest absolute Gasteiger partial charge is 0.326 e. The molecule has 15 nitrogen and oxygen atoms in total. The van der Waals surface area contributed by atoms with Crippen LogP contribution in [0.4, 0.5) is 0 Å². The van der Waals surface area contributed by atoms with E-state index in [2.05, 4.69) is 10.6 Å². The number of carbonyl (C=O) groups excluding carboxylic acids is 3. The minimum Gasteiger partial charge on any atom is -0.481 e. The van der Waals surface area contributed by atoms with E-state index in [0.717, 1.165) is 0 Å². The van der Waals surface area contributed by atoms with Crippen molar-refractivity contribution < 1.29 is 54.0 Å². The first-order valence-electron chi connectivity index (χ1n) is 10.3. The number of hydrogen-bond donors (Lipinski definition) is 8. The molecule has 16 heteroatoms. The summed E-state index contributed by atoms with van der Waals surface area (Å²) < 4.78 is 0. The van der Waals surface area contributed by atoms with Crippen molar-refractivity contribution in [3.8, 4) is 0 Å². The number of carboxylic acids is 4. The van der Waals surface area contributed by atoms with Gasteiger partial charge in [0.2, 0.25) is 17.7 Å². The quantitative estimate of drug-likeness (QED) is 0.0952. The van der Waals surface area contributed by atoms with Gasteiger partial charge in [0.1, 0.15) is 18.1 Å². The van der Waals surface area contributed by atoms with Gasteiger partial charge in [0.25, 0.3) is 0 Å². The van der Waals surface area contributed by atoms with Crippen LogP contribution in [0, 0.1) is 0 Å². The predicted molar refractivity (Wildman–Crippen MR) is 120 cm³/mol. The molecule has 0 saturated heterocycles. The lowest BCUT2D eigenvalue weighted by Crippen LogP contribution is -2.57.